The number of sulfonamides is 1. The number of anilines is 1. The van der Waals surface area contributed by atoms with Crippen LogP contribution in [0.2, 0.25) is 0 Å². The van der Waals surface area contributed by atoms with E-state index in [-0.39, 0.29) is 11.5 Å². The summed E-state index contributed by atoms with van der Waals surface area (Å²) in [6.07, 6.45) is -2.67. The van der Waals surface area contributed by atoms with Gasteiger partial charge in [-0.05, 0) is 12.1 Å². The number of nitrogens with zero attached hydrogens (tertiary/aromatic N) is 1. The summed E-state index contributed by atoms with van der Waals surface area (Å²) in [6.45, 7) is -0.777. The maximum atomic E-state index is 12.1. The minimum Gasteiger partial charge on any atom is -0.398 e. The Kier molecular flexibility index (Phi) is 6.02. The maximum Gasteiger partial charge on any atom is 0.252 e. The molecule has 2 N–H and O–H groups in total. The van der Waals surface area contributed by atoms with Gasteiger partial charge >= 0.3 is 0 Å². The monoisotopic (exact) mass is 310 g/mol. The number of para-hydroxylation sites is 1. The Bertz CT molecular complexity index is 509. The number of nitrogen functional groups attached to an aromatic ring is 1. The number of hydrogen-bond donors (Lipinski definition) is 1. The van der Waals surface area contributed by atoms with E-state index < -0.39 is 23.0 Å². The number of nitrogens with two attached hydrogens (primary N) is 1. The Labute approximate surface area is 116 Å². The number of hydrogen-bond acceptors (Lipinski definition) is 4. The molecule has 108 valence electrons. The average Bonchev–Trinajstić information content (AvgIpc) is 2.30. The van der Waals surface area contributed by atoms with Crippen LogP contribution in [0.15, 0.2) is 29.2 Å². The second-order valence-corrected chi connectivity index (χ2v) is 7.21. The highest BCUT2D eigenvalue weighted by Gasteiger charge is 2.21. The van der Waals surface area contributed by atoms with Gasteiger partial charge < -0.3 is 5.73 Å². The molecule has 0 heterocycles. The first kappa shape index (κ1) is 16.2. The highest BCUT2D eigenvalue weighted by Crippen LogP contribution is 2.24. The predicted molar refractivity (Wildman–Crippen MR) is 74.0 cm³/mol. The van der Waals surface area contributed by atoms with Crippen molar-refractivity contribution in [1.82, 2.24) is 4.31 Å². The van der Waals surface area contributed by atoms with Crippen molar-refractivity contribution >= 4 is 27.5 Å². The zero-order valence-electron chi connectivity index (χ0n) is 10.4. The van der Waals surface area contributed by atoms with Crippen LogP contribution in [0.25, 0.3) is 0 Å². The van der Waals surface area contributed by atoms with Crippen LogP contribution in [0, 0.1) is 0 Å². The third kappa shape index (κ3) is 5.33. The Hall–Kier alpha value is -0.860. The lowest BCUT2D eigenvalue weighted by atomic mass is 10.3. The molecule has 0 spiro atoms. The number of alkyl halides is 2. The van der Waals surface area contributed by atoms with Crippen molar-refractivity contribution in [3.05, 3.63) is 24.3 Å². The third-order valence-electron chi connectivity index (χ3n) is 2.39. The number of benzene rings is 1. The van der Waals surface area contributed by atoms with Crippen molar-refractivity contribution in [2.45, 2.75) is 11.3 Å². The fourth-order valence-corrected chi connectivity index (χ4v) is 3.79. The number of halogens is 2. The van der Waals surface area contributed by atoms with E-state index in [0.29, 0.717) is 9.99 Å². The molecule has 19 heavy (non-hydrogen) atoms. The lowest BCUT2D eigenvalue weighted by molar-refractivity contribution is 0.126. The smallest absolute Gasteiger partial charge is 0.252 e. The van der Waals surface area contributed by atoms with Crippen LogP contribution < -0.4 is 5.73 Å². The molecule has 0 aliphatic carbocycles. The molecule has 4 nitrogen and oxygen atoms in total. The molecular weight excluding hydrogens is 294 g/mol. The normalized spacial score (nSPS) is 12.3. The highest BCUT2D eigenvalue weighted by molar-refractivity contribution is 8.00. The second kappa shape index (κ2) is 7.06. The molecule has 0 fully saturated rings. The van der Waals surface area contributed by atoms with Gasteiger partial charge in [-0.15, -0.1) is 11.8 Å². The zero-order valence-corrected chi connectivity index (χ0v) is 12.1. The summed E-state index contributed by atoms with van der Waals surface area (Å²) >= 11 is 1.29. The van der Waals surface area contributed by atoms with Crippen LogP contribution >= 0.6 is 11.8 Å². The average molecular weight is 310 g/mol. The molecule has 0 bridgehead atoms. The van der Waals surface area contributed by atoms with Gasteiger partial charge in [0.1, 0.15) is 0 Å². The second-order valence-electron chi connectivity index (χ2n) is 3.87. The topological polar surface area (TPSA) is 63.4 Å². The zero-order chi connectivity index (χ0) is 14.5. The van der Waals surface area contributed by atoms with Gasteiger partial charge in [-0.25, -0.2) is 17.2 Å². The first-order valence-corrected chi connectivity index (χ1v) is 8.12. The first-order chi connectivity index (χ1) is 8.83. The molecule has 0 saturated heterocycles. The molecule has 8 heteroatoms. The summed E-state index contributed by atoms with van der Waals surface area (Å²) in [6, 6.07) is 7.10. The minimum atomic E-state index is -3.65. The molecule has 0 atom stereocenters. The Balaban J connectivity index is 2.50. The van der Waals surface area contributed by atoms with E-state index in [1.165, 1.54) is 11.8 Å². The summed E-state index contributed by atoms with van der Waals surface area (Å²) in [5, 5.41) is 0. The van der Waals surface area contributed by atoms with Gasteiger partial charge in [0.2, 0.25) is 10.0 Å². The quantitative estimate of drug-likeness (QED) is 0.617. The van der Waals surface area contributed by atoms with Crippen LogP contribution in [0.1, 0.15) is 0 Å². The number of rotatable bonds is 7. The summed E-state index contributed by atoms with van der Waals surface area (Å²) in [4.78, 5) is 0.786. The molecule has 1 aromatic rings. The summed E-state index contributed by atoms with van der Waals surface area (Å²) in [7, 11) is -2.49. The lowest BCUT2D eigenvalue weighted by Crippen LogP contribution is -2.33. The van der Waals surface area contributed by atoms with E-state index in [9.17, 15) is 17.2 Å². The van der Waals surface area contributed by atoms with Gasteiger partial charge in [-0.1, -0.05) is 12.1 Å². The van der Waals surface area contributed by atoms with Crippen LogP contribution in [0.5, 0.6) is 0 Å². The molecule has 0 amide bonds. The van der Waals surface area contributed by atoms with Crippen LogP contribution in [0.4, 0.5) is 14.5 Å². The molecule has 1 rings (SSSR count). The summed E-state index contributed by atoms with van der Waals surface area (Å²) in [5.74, 6) is 0.0688. The van der Waals surface area contributed by atoms with Crippen molar-refractivity contribution in [2.24, 2.45) is 0 Å². The van der Waals surface area contributed by atoms with Gasteiger partial charge in [0.15, 0.2) is 0 Å². The number of thioether (sulfide) groups is 1. The van der Waals surface area contributed by atoms with E-state index in [4.69, 9.17) is 5.73 Å². The van der Waals surface area contributed by atoms with Crippen molar-refractivity contribution in [3.63, 3.8) is 0 Å². The molecule has 1 aromatic carbocycles. The molecule has 0 unspecified atom stereocenters. The SMILES string of the molecule is CN(CC(F)F)S(=O)(=O)CCSc1ccccc1N. The Morgan fingerprint density at radius 1 is 1.37 bits per heavy atom. The summed E-state index contributed by atoms with van der Waals surface area (Å²) in [5.41, 5.74) is 6.29. The maximum absolute atomic E-state index is 12.1. The van der Waals surface area contributed by atoms with Crippen LogP contribution in [-0.2, 0) is 10.0 Å². The van der Waals surface area contributed by atoms with Crippen molar-refractivity contribution in [2.75, 3.05) is 30.8 Å². The Morgan fingerprint density at radius 2 is 2.00 bits per heavy atom. The van der Waals surface area contributed by atoms with E-state index >= 15 is 0 Å². The fourth-order valence-electron chi connectivity index (χ4n) is 1.33. The van der Waals surface area contributed by atoms with Gasteiger partial charge in [0.05, 0.1) is 12.3 Å². The molecule has 0 aliphatic heterocycles. The van der Waals surface area contributed by atoms with E-state index in [1.54, 1.807) is 24.3 Å². The van der Waals surface area contributed by atoms with Gasteiger partial charge in [0.25, 0.3) is 6.43 Å². The molecule has 0 saturated carbocycles. The fraction of sp³-hybridized carbons (Fsp3) is 0.455. The highest BCUT2D eigenvalue weighted by atomic mass is 32.2. The standard InChI is InChI=1S/C11H16F2N2O2S2/c1-15(8-11(12)13)19(16,17)7-6-18-10-5-3-2-4-9(10)14/h2-5,11H,6-8,14H2,1H3. The van der Waals surface area contributed by atoms with Crippen LogP contribution in [-0.4, -0.2) is 44.2 Å². The van der Waals surface area contributed by atoms with Gasteiger partial charge in [-0.2, -0.15) is 4.31 Å². The van der Waals surface area contributed by atoms with E-state index in [2.05, 4.69) is 0 Å². The van der Waals surface area contributed by atoms with E-state index in [1.807, 2.05) is 0 Å². The third-order valence-corrected chi connectivity index (χ3v) is 5.56. The molecule has 0 aliphatic rings. The van der Waals surface area contributed by atoms with Crippen molar-refractivity contribution < 1.29 is 17.2 Å². The molecule has 0 radical (unpaired) electrons. The Morgan fingerprint density at radius 3 is 2.58 bits per heavy atom. The minimum absolute atomic E-state index is 0.199. The van der Waals surface area contributed by atoms with Crippen molar-refractivity contribution in [3.8, 4) is 0 Å². The van der Waals surface area contributed by atoms with Crippen molar-refractivity contribution in [1.29, 1.82) is 0 Å². The van der Waals surface area contributed by atoms with Gasteiger partial charge in [-0.3, -0.25) is 0 Å². The molecule has 0 aromatic heterocycles. The predicted octanol–water partition coefficient (Wildman–Crippen LogP) is 1.89. The van der Waals surface area contributed by atoms with Gasteiger partial charge in [0, 0.05) is 23.4 Å². The van der Waals surface area contributed by atoms with E-state index in [0.717, 1.165) is 11.9 Å². The first-order valence-electron chi connectivity index (χ1n) is 5.52. The van der Waals surface area contributed by atoms with Crippen LogP contribution in [0.3, 0.4) is 0 Å². The molecular formula is C11H16F2N2O2S2. The largest absolute Gasteiger partial charge is 0.398 e. The lowest BCUT2D eigenvalue weighted by Gasteiger charge is -2.16. The summed E-state index contributed by atoms with van der Waals surface area (Å²) < 4.78 is 48.3.